The van der Waals surface area contributed by atoms with E-state index in [1.165, 1.54) is 62.9 Å². The lowest BCUT2D eigenvalue weighted by atomic mass is 10.0. The van der Waals surface area contributed by atoms with Gasteiger partial charge >= 0.3 is 0 Å². The molecule has 2 aliphatic rings. The molecule has 1 saturated carbocycles. The Kier molecular flexibility index (Phi) is 4.74. The molecular formula is C18H28N2. The van der Waals surface area contributed by atoms with E-state index in [9.17, 15) is 0 Å². The van der Waals surface area contributed by atoms with Gasteiger partial charge in [-0.15, -0.1) is 0 Å². The summed E-state index contributed by atoms with van der Waals surface area (Å²) in [4.78, 5) is 2.62. The molecule has 1 atom stereocenters. The largest absolute Gasteiger partial charge is 0.308 e. The molecule has 2 heteroatoms. The molecule has 3 rings (SSSR count). The summed E-state index contributed by atoms with van der Waals surface area (Å²) in [5.74, 6) is 0.874. The van der Waals surface area contributed by atoms with Crippen molar-refractivity contribution in [1.82, 2.24) is 10.2 Å². The van der Waals surface area contributed by atoms with Gasteiger partial charge in [0.2, 0.25) is 0 Å². The predicted molar refractivity (Wildman–Crippen MR) is 84.9 cm³/mol. The van der Waals surface area contributed by atoms with Crippen molar-refractivity contribution in [2.45, 2.75) is 45.1 Å². The molecule has 1 aromatic carbocycles. The maximum Gasteiger partial charge on any atom is 0.0349 e. The van der Waals surface area contributed by atoms with Gasteiger partial charge in [0.15, 0.2) is 0 Å². The first-order chi connectivity index (χ1) is 9.83. The van der Waals surface area contributed by atoms with Crippen molar-refractivity contribution in [3.05, 3.63) is 35.4 Å². The van der Waals surface area contributed by atoms with Crippen molar-refractivity contribution in [3.63, 3.8) is 0 Å². The van der Waals surface area contributed by atoms with Gasteiger partial charge in [0.05, 0.1) is 0 Å². The molecule has 0 amide bonds. The Balaban J connectivity index is 1.51. The highest BCUT2D eigenvalue weighted by Gasteiger charge is 2.31. The molecule has 0 spiro atoms. The number of likely N-dealkylation sites (tertiary alicyclic amines) is 1. The van der Waals surface area contributed by atoms with Crippen LogP contribution in [0, 0.1) is 12.8 Å². The number of aryl methyl sites for hydroxylation is 1. The second-order valence-corrected chi connectivity index (χ2v) is 6.58. The van der Waals surface area contributed by atoms with E-state index in [2.05, 4.69) is 41.4 Å². The monoisotopic (exact) mass is 272 g/mol. The van der Waals surface area contributed by atoms with Crippen molar-refractivity contribution in [3.8, 4) is 0 Å². The van der Waals surface area contributed by atoms with Crippen LogP contribution in [0.5, 0.6) is 0 Å². The van der Waals surface area contributed by atoms with E-state index in [0.717, 1.165) is 12.5 Å². The fourth-order valence-corrected chi connectivity index (χ4v) is 3.32. The van der Waals surface area contributed by atoms with E-state index in [1.807, 2.05) is 0 Å². The fraction of sp³-hybridized carbons (Fsp3) is 0.667. The molecule has 110 valence electrons. The van der Waals surface area contributed by atoms with Gasteiger partial charge in [-0.3, -0.25) is 0 Å². The average molecular weight is 272 g/mol. The maximum absolute atomic E-state index is 3.82. The maximum atomic E-state index is 3.82. The van der Waals surface area contributed by atoms with Crippen LogP contribution in [-0.2, 0) is 0 Å². The average Bonchev–Trinajstić information content (AvgIpc) is 3.31. The van der Waals surface area contributed by atoms with Crippen LogP contribution >= 0.6 is 0 Å². The van der Waals surface area contributed by atoms with E-state index in [-0.39, 0.29) is 0 Å². The van der Waals surface area contributed by atoms with Crippen molar-refractivity contribution in [1.29, 1.82) is 0 Å². The Morgan fingerprint density at radius 1 is 1.10 bits per heavy atom. The van der Waals surface area contributed by atoms with E-state index >= 15 is 0 Å². The van der Waals surface area contributed by atoms with Gasteiger partial charge < -0.3 is 10.2 Å². The third-order valence-electron chi connectivity index (χ3n) is 4.77. The minimum absolute atomic E-state index is 0.584. The molecule has 1 aliphatic heterocycles. The standard InChI is InChI=1S/C18H28N2/c1-15-5-7-16(8-6-15)18(17-9-10-17)19-11-14-20-12-3-2-4-13-20/h5-8,17-19H,2-4,9-14H2,1H3. The molecule has 1 saturated heterocycles. The molecule has 1 unspecified atom stereocenters. The second kappa shape index (κ2) is 6.73. The van der Waals surface area contributed by atoms with E-state index in [4.69, 9.17) is 0 Å². The van der Waals surface area contributed by atoms with Gasteiger partial charge in [0.25, 0.3) is 0 Å². The third kappa shape index (κ3) is 3.83. The van der Waals surface area contributed by atoms with Crippen molar-refractivity contribution in [2.24, 2.45) is 5.92 Å². The minimum Gasteiger partial charge on any atom is -0.308 e. The Bertz CT molecular complexity index is 402. The van der Waals surface area contributed by atoms with Crippen LogP contribution in [0.1, 0.15) is 49.3 Å². The number of rotatable bonds is 6. The van der Waals surface area contributed by atoms with Gasteiger partial charge in [-0.05, 0) is 57.2 Å². The zero-order valence-electron chi connectivity index (χ0n) is 12.8. The fourth-order valence-electron chi connectivity index (χ4n) is 3.32. The molecule has 1 N–H and O–H groups in total. The van der Waals surface area contributed by atoms with Crippen LogP contribution in [0.2, 0.25) is 0 Å². The zero-order valence-corrected chi connectivity index (χ0v) is 12.8. The molecule has 1 heterocycles. The summed E-state index contributed by atoms with van der Waals surface area (Å²) in [6, 6.07) is 9.70. The van der Waals surface area contributed by atoms with Crippen LogP contribution in [0.3, 0.4) is 0 Å². The van der Waals surface area contributed by atoms with Crippen molar-refractivity contribution < 1.29 is 0 Å². The summed E-state index contributed by atoms with van der Waals surface area (Å²) >= 11 is 0. The molecule has 2 fully saturated rings. The SMILES string of the molecule is Cc1ccc(C(NCCN2CCCCC2)C2CC2)cc1. The van der Waals surface area contributed by atoms with Crippen LogP contribution in [0.15, 0.2) is 24.3 Å². The Hall–Kier alpha value is -0.860. The summed E-state index contributed by atoms with van der Waals surface area (Å²) in [5, 5.41) is 3.82. The number of hydrogen-bond acceptors (Lipinski definition) is 2. The molecule has 1 aromatic rings. The van der Waals surface area contributed by atoms with E-state index in [0.29, 0.717) is 6.04 Å². The first-order valence-electron chi connectivity index (χ1n) is 8.35. The predicted octanol–water partition coefficient (Wildman–Crippen LogP) is 3.52. The van der Waals surface area contributed by atoms with Gasteiger partial charge in [-0.2, -0.15) is 0 Å². The molecule has 0 radical (unpaired) electrons. The summed E-state index contributed by atoms with van der Waals surface area (Å²) in [5.41, 5.74) is 2.84. The van der Waals surface area contributed by atoms with Crippen LogP contribution in [0.25, 0.3) is 0 Å². The van der Waals surface area contributed by atoms with Gasteiger partial charge in [0.1, 0.15) is 0 Å². The highest BCUT2D eigenvalue weighted by molar-refractivity contribution is 5.25. The highest BCUT2D eigenvalue weighted by atomic mass is 15.1. The first-order valence-corrected chi connectivity index (χ1v) is 8.35. The third-order valence-corrected chi connectivity index (χ3v) is 4.77. The zero-order chi connectivity index (χ0) is 13.8. The summed E-state index contributed by atoms with van der Waals surface area (Å²) in [7, 11) is 0. The highest BCUT2D eigenvalue weighted by Crippen LogP contribution is 2.40. The van der Waals surface area contributed by atoms with E-state index in [1.54, 1.807) is 0 Å². The number of benzene rings is 1. The van der Waals surface area contributed by atoms with Crippen molar-refractivity contribution >= 4 is 0 Å². The summed E-state index contributed by atoms with van der Waals surface area (Å²) < 4.78 is 0. The number of nitrogens with one attached hydrogen (secondary N) is 1. The lowest BCUT2D eigenvalue weighted by Gasteiger charge is -2.28. The lowest BCUT2D eigenvalue weighted by molar-refractivity contribution is 0.225. The smallest absolute Gasteiger partial charge is 0.0349 e. The normalized spacial score (nSPS) is 21.9. The molecule has 2 nitrogen and oxygen atoms in total. The van der Waals surface area contributed by atoms with Gasteiger partial charge in [-0.1, -0.05) is 36.2 Å². The molecule has 0 aromatic heterocycles. The topological polar surface area (TPSA) is 15.3 Å². The molecule has 1 aliphatic carbocycles. The molecule has 0 bridgehead atoms. The number of piperidine rings is 1. The summed E-state index contributed by atoms with van der Waals surface area (Å²) in [6.07, 6.45) is 7.01. The van der Waals surface area contributed by atoms with Gasteiger partial charge in [0, 0.05) is 19.1 Å². The second-order valence-electron chi connectivity index (χ2n) is 6.58. The summed E-state index contributed by atoms with van der Waals surface area (Å²) in [6.45, 7) is 7.13. The first kappa shape index (κ1) is 14.1. The quantitative estimate of drug-likeness (QED) is 0.852. The number of hydrogen-bond donors (Lipinski definition) is 1. The van der Waals surface area contributed by atoms with Crippen molar-refractivity contribution in [2.75, 3.05) is 26.2 Å². The molecular weight excluding hydrogens is 244 g/mol. The Morgan fingerprint density at radius 3 is 2.45 bits per heavy atom. The van der Waals surface area contributed by atoms with E-state index < -0.39 is 0 Å². The Labute approximate surface area is 123 Å². The Morgan fingerprint density at radius 2 is 1.80 bits per heavy atom. The minimum atomic E-state index is 0.584. The van der Waals surface area contributed by atoms with Crippen LogP contribution in [0.4, 0.5) is 0 Å². The lowest BCUT2D eigenvalue weighted by Crippen LogP contribution is -2.37. The van der Waals surface area contributed by atoms with Gasteiger partial charge in [-0.25, -0.2) is 0 Å². The number of nitrogens with zero attached hydrogens (tertiary/aromatic N) is 1. The molecule has 20 heavy (non-hydrogen) atoms. The van der Waals surface area contributed by atoms with Crippen LogP contribution < -0.4 is 5.32 Å². The van der Waals surface area contributed by atoms with Crippen LogP contribution in [-0.4, -0.2) is 31.1 Å².